The van der Waals surface area contributed by atoms with E-state index >= 15 is 0 Å². The Morgan fingerprint density at radius 3 is 2.85 bits per heavy atom. The van der Waals surface area contributed by atoms with Crippen LogP contribution >= 0.6 is 15.9 Å². The number of halogens is 1. The second kappa shape index (κ2) is 4.42. The Balaban J connectivity index is 2.94. The Bertz CT molecular complexity index is 375. The zero-order chi connectivity index (χ0) is 9.84. The summed E-state index contributed by atoms with van der Waals surface area (Å²) in [6.45, 7) is 4.67. The largest absolute Gasteiger partial charge is 0.311 e. The minimum Gasteiger partial charge on any atom is -0.311 e. The second-order valence-electron chi connectivity index (χ2n) is 3.12. The maximum atomic E-state index is 11.3. The lowest BCUT2D eigenvalue weighted by molar-refractivity contribution is 0.771. The highest BCUT2D eigenvalue weighted by Crippen LogP contribution is 2.04. The summed E-state index contributed by atoms with van der Waals surface area (Å²) < 4.78 is 2.59. The zero-order valence-electron chi connectivity index (χ0n) is 7.75. The molecule has 0 aliphatic carbocycles. The molecule has 1 aromatic heterocycles. The van der Waals surface area contributed by atoms with Gasteiger partial charge in [-0.2, -0.15) is 0 Å². The molecule has 0 atom stereocenters. The average Bonchev–Trinajstić information content (AvgIpc) is 2.06. The Labute approximate surface area is 86.0 Å². The highest BCUT2D eigenvalue weighted by atomic mass is 79.9. The van der Waals surface area contributed by atoms with Gasteiger partial charge in [0.15, 0.2) is 0 Å². The molecule has 0 radical (unpaired) electrons. The molecular weight excluding hydrogens is 230 g/mol. The van der Waals surface area contributed by atoms with Crippen LogP contribution in [0.25, 0.3) is 0 Å². The number of pyridine rings is 1. The van der Waals surface area contributed by atoms with E-state index in [0.29, 0.717) is 6.54 Å². The quantitative estimate of drug-likeness (QED) is 0.730. The van der Waals surface area contributed by atoms with Crippen molar-refractivity contribution in [2.24, 2.45) is 0 Å². The van der Waals surface area contributed by atoms with Crippen LogP contribution < -0.4 is 5.56 Å². The fraction of sp³-hybridized carbons (Fsp3) is 0.300. The molecule has 0 N–H and O–H groups in total. The first kappa shape index (κ1) is 10.3. The zero-order valence-corrected chi connectivity index (χ0v) is 9.34. The van der Waals surface area contributed by atoms with Crippen LogP contribution in [0.3, 0.4) is 0 Å². The van der Waals surface area contributed by atoms with Gasteiger partial charge in [-0.25, -0.2) is 0 Å². The summed E-state index contributed by atoms with van der Waals surface area (Å²) in [5, 5.41) is 0. The normalized spacial score (nSPS) is 9.77. The molecule has 0 saturated carbocycles. The molecule has 0 aromatic carbocycles. The summed E-state index contributed by atoms with van der Waals surface area (Å²) in [7, 11) is 0. The van der Waals surface area contributed by atoms with E-state index in [1.54, 1.807) is 22.9 Å². The van der Waals surface area contributed by atoms with E-state index in [1.807, 2.05) is 19.9 Å². The van der Waals surface area contributed by atoms with E-state index in [9.17, 15) is 4.79 Å². The van der Waals surface area contributed by atoms with Crippen molar-refractivity contribution in [3.8, 4) is 0 Å². The van der Waals surface area contributed by atoms with Crippen LogP contribution in [-0.4, -0.2) is 4.57 Å². The van der Waals surface area contributed by atoms with Crippen LogP contribution in [0.2, 0.25) is 0 Å². The van der Waals surface area contributed by atoms with Gasteiger partial charge < -0.3 is 4.57 Å². The number of rotatable bonds is 2. The predicted octanol–water partition coefficient (Wildman–Crippen LogP) is 2.58. The molecule has 0 saturated heterocycles. The standard InChI is InChI=1S/C10H12BrNO/c1-8(2)5-6-12-7-9(11)3-4-10(12)13/h3-5,7H,6H2,1-2H3. The van der Waals surface area contributed by atoms with Crippen LogP contribution in [0, 0.1) is 0 Å². The molecule has 3 heteroatoms. The average molecular weight is 242 g/mol. The van der Waals surface area contributed by atoms with E-state index in [-0.39, 0.29) is 5.56 Å². The molecule has 0 fully saturated rings. The van der Waals surface area contributed by atoms with Gasteiger partial charge in [0, 0.05) is 23.3 Å². The number of nitrogens with zero attached hydrogens (tertiary/aromatic N) is 1. The van der Waals surface area contributed by atoms with E-state index in [0.717, 1.165) is 4.47 Å². The molecule has 0 aliphatic heterocycles. The minimum atomic E-state index is 0.0284. The fourth-order valence-electron chi connectivity index (χ4n) is 0.926. The lowest BCUT2D eigenvalue weighted by Gasteiger charge is -2.01. The molecule has 70 valence electrons. The lowest BCUT2D eigenvalue weighted by atomic mass is 10.3. The topological polar surface area (TPSA) is 22.0 Å². The Morgan fingerprint density at radius 2 is 2.23 bits per heavy atom. The van der Waals surface area contributed by atoms with E-state index in [1.165, 1.54) is 5.57 Å². The maximum Gasteiger partial charge on any atom is 0.250 e. The summed E-state index contributed by atoms with van der Waals surface area (Å²) in [4.78, 5) is 11.3. The molecule has 0 spiro atoms. The summed E-state index contributed by atoms with van der Waals surface area (Å²) in [5.74, 6) is 0. The van der Waals surface area contributed by atoms with Crippen molar-refractivity contribution < 1.29 is 0 Å². The third kappa shape index (κ3) is 3.19. The minimum absolute atomic E-state index is 0.0284. The van der Waals surface area contributed by atoms with E-state index < -0.39 is 0 Å². The maximum absolute atomic E-state index is 11.3. The molecule has 2 nitrogen and oxygen atoms in total. The van der Waals surface area contributed by atoms with Gasteiger partial charge in [0.1, 0.15) is 0 Å². The highest BCUT2D eigenvalue weighted by molar-refractivity contribution is 9.10. The van der Waals surface area contributed by atoms with Gasteiger partial charge in [0.2, 0.25) is 0 Å². The van der Waals surface area contributed by atoms with Gasteiger partial charge in [-0.05, 0) is 35.8 Å². The van der Waals surface area contributed by atoms with Crippen molar-refractivity contribution in [2.75, 3.05) is 0 Å². The van der Waals surface area contributed by atoms with Gasteiger partial charge in [-0.3, -0.25) is 4.79 Å². The molecule has 0 bridgehead atoms. The number of allylic oxidation sites excluding steroid dienone is 2. The summed E-state index contributed by atoms with van der Waals surface area (Å²) in [5.41, 5.74) is 1.24. The molecule has 0 amide bonds. The van der Waals surface area contributed by atoms with Crippen molar-refractivity contribution in [1.82, 2.24) is 4.57 Å². The SMILES string of the molecule is CC(C)=CCn1cc(Br)ccc1=O. The first-order valence-corrected chi connectivity index (χ1v) is 4.88. The first-order valence-electron chi connectivity index (χ1n) is 4.09. The Morgan fingerprint density at radius 1 is 1.54 bits per heavy atom. The van der Waals surface area contributed by atoms with Crippen LogP contribution in [0.15, 0.2) is 39.2 Å². The molecule has 1 aromatic rings. The Hall–Kier alpha value is -0.830. The monoisotopic (exact) mass is 241 g/mol. The van der Waals surface area contributed by atoms with Gasteiger partial charge in [-0.15, -0.1) is 0 Å². The molecular formula is C10H12BrNO. The fourth-order valence-corrected chi connectivity index (χ4v) is 1.31. The molecule has 1 heterocycles. The second-order valence-corrected chi connectivity index (χ2v) is 4.04. The predicted molar refractivity (Wildman–Crippen MR) is 57.8 cm³/mol. The van der Waals surface area contributed by atoms with Crippen molar-refractivity contribution in [1.29, 1.82) is 0 Å². The van der Waals surface area contributed by atoms with Crippen LogP contribution in [0.5, 0.6) is 0 Å². The van der Waals surface area contributed by atoms with Crippen LogP contribution in [0.1, 0.15) is 13.8 Å². The third-order valence-electron chi connectivity index (χ3n) is 1.64. The summed E-state index contributed by atoms with van der Waals surface area (Å²) in [6, 6.07) is 3.31. The van der Waals surface area contributed by atoms with Gasteiger partial charge in [-0.1, -0.05) is 11.6 Å². The van der Waals surface area contributed by atoms with E-state index in [4.69, 9.17) is 0 Å². The lowest BCUT2D eigenvalue weighted by Crippen LogP contribution is -2.17. The molecule has 0 aliphatic rings. The van der Waals surface area contributed by atoms with Crippen LogP contribution in [0.4, 0.5) is 0 Å². The van der Waals surface area contributed by atoms with Crippen molar-refractivity contribution in [3.63, 3.8) is 0 Å². The smallest absolute Gasteiger partial charge is 0.250 e. The number of aromatic nitrogens is 1. The third-order valence-corrected chi connectivity index (χ3v) is 2.11. The van der Waals surface area contributed by atoms with Crippen molar-refractivity contribution >= 4 is 15.9 Å². The Kier molecular flexibility index (Phi) is 3.48. The van der Waals surface area contributed by atoms with Crippen LogP contribution in [-0.2, 0) is 6.54 Å². The first-order chi connectivity index (χ1) is 6.09. The molecule has 0 unspecified atom stereocenters. The van der Waals surface area contributed by atoms with Gasteiger partial charge in [0.05, 0.1) is 0 Å². The highest BCUT2D eigenvalue weighted by Gasteiger charge is 1.93. The van der Waals surface area contributed by atoms with Gasteiger partial charge in [0.25, 0.3) is 5.56 Å². The number of hydrogen-bond donors (Lipinski definition) is 0. The molecule has 1 rings (SSSR count). The van der Waals surface area contributed by atoms with E-state index in [2.05, 4.69) is 15.9 Å². The summed E-state index contributed by atoms with van der Waals surface area (Å²) in [6.07, 6.45) is 3.82. The van der Waals surface area contributed by atoms with Crippen molar-refractivity contribution in [2.45, 2.75) is 20.4 Å². The van der Waals surface area contributed by atoms with Gasteiger partial charge >= 0.3 is 0 Å². The summed E-state index contributed by atoms with van der Waals surface area (Å²) >= 11 is 3.32. The molecule has 13 heavy (non-hydrogen) atoms. The van der Waals surface area contributed by atoms with Crippen molar-refractivity contribution in [3.05, 3.63) is 44.8 Å². The number of hydrogen-bond acceptors (Lipinski definition) is 1.